The Labute approximate surface area is 182 Å². The molecule has 0 unspecified atom stereocenters. The van der Waals surface area contributed by atoms with Gasteiger partial charge in [0, 0.05) is 24.0 Å². The van der Waals surface area contributed by atoms with Crippen LogP contribution in [0.4, 0.5) is 0 Å². The van der Waals surface area contributed by atoms with Gasteiger partial charge < -0.3 is 10.0 Å². The summed E-state index contributed by atoms with van der Waals surface area (Å²) >= 11 is 7.44. The number of carbonyl (C=O) groups excluding carboxylic acids is 2. The summed E-state index contributed by atoms with van der Waals surface area (Å²) in [5.41, 5.74) is 2.04. The molecule has 0 saturated heterocycles. The van der Waals surface area contributed by atoms with Gasteiger partial charge in [-0.15, -0.1) is 11.3 Å². The summed E-state index contributed by atoms with van der Waals surface area (Å²) in [6.45, 7) is 3.74. The lowest BCUT2D eigenvalue weighted by Gasteiger charge is -2.27. The molecule has 1 aliphatic rings. The molecular formula is C22H18ClN3O3S. The molecule has 1 N–H and O–H groups in total. The molecule has 3 heterocycles. The number of aromatic nitrogens is 2. The van der Waals surface area contributed by atoms with Gasteiger partial charge >= 0.3 is 0 Å². The Morgan fingerprint density at radius 2 is 2.07 bits per heavy atom. The van der Waals surface area contributed by atoms with E-state index in [4.69, 9.17) is 11.6 Å². The Morgan fingerprint density at radius 1 is 1.27 bits per heavy atom. The van der Waals surface area contributed by atoms with Crippen LogP contribution in [0.1, 0.15) is 37.5 Å². The van der Waals surface area contributed by atoms with Crippen LogP contribution in [0.15, 0.2) is 60.1 Å². The molecule has 3 aromatic rings. The van der Waals surface area contributed by atoms with E-state index in [2.05, 4.69) is 9.97 Å². The fourth-order valence-electron chi connectivity index (χ4n) is 3.62. The predicted octanol–water partition coefficient (Wildman–Crippen LogP) is 4.59. The van der Waals surface area contributed by atoms with E-state index in [9.17, 15) is 14.7 Å². The van der Waals surface area contributed by atoms with Crippen molar-refractivity contribution in [3.05, 3.63) is 91.9 Å². The van der Waals surface area contributed by atoms with E-state index >= 15 is 0 Å². The average Bonchev–Trinajstić information content (AvgIpc) is 3.19. The van der Waals surface area contributed by atoms with Gasteiger partial charge in [-0.05, 0) is 43.2 Å². The van der Waals surface area contributed by atoms with E-state index in [1.165, 1.54) is 16.2 Å². The molecule has 1 atom stereocenters. The molecule has 0 fully saturated rings. The maximum atomic E-state index is 13.4. The number of Topliss-reactive ketones (excluding diaryl/α,β-unsaturated/α-hetero) is 1. The highest BCUT2D eigenvalue weighted by atomic mass is 35.5. The van der Waals surface area contributed by atoms with Crippen molar-refractivity contribution in [3.8, 4) is 0 Å². The van der Waals surface area contributed by atoms with Crippen LogP contribution in [-0.2, 0) is 11.3 Å². The zero-order valence-electron chi connectivity index (χ0n) is 16.3. The monoisotopic (exact) mass is 439 g/mol. The molecule has 1 aromatic carbocycles. The summed E-state index contributed by atoms with van der Waals surface area (Å²) in [5.74, 6) is -1.55. The molecule has 0 saturated carbocycles. The molecule has 8 heteroatoms. The van der Waals surface area contributed by atoms with Gasteiger partial charge in [0.1, 0.15) is 0 Å². The standard InChI is InChI=1S/C22H18ClN3O3S/c1-12-21(30-13(2)25-12)19(27)17-18(15-6-3-7-16(23)9-15)26(22(29)20(17)28)11-14-5-4-8-24-10-14/h3-10,18,28H,11H2,1-2H3/t18-/m0/s1. The second-order valence-corrected chi connectivity index (χ2v) is 8.63. The smallest absolute Gasteiger partial charge is 0.290 e. The SMILES string of the molecule is Cc1nc(C)c(C(=O)C2=C(O)C(=O)N(Cc3cccnc3)[C@H]2c2cccc(Cl)c2)s1. The van der Waals surface area contributed by atoms with Crippen molar-refractivity contribution in [2.45, 2.75) is 26.4 Å². The number of halogens is 1. The Balaban J connectivity index is 1.83. The van der Waals surface area contributed by atoms with E-state index in [1.54, 1.807) is 49.6 Å². The van der Waals surface area contributed by atoms with Crippen molar-refractivity contribution in [3.63, 3.8) is 0 Å². The van der Waals surface area contributed by atoms with Crippen molar-refractivity contribution >= 4 is 34.6 Å². The third-order valence-electron chi connectivity index (χ3n) is 4.90. The van der Waals surface area contributed by atoms with Gasteiger partial charge in [0.2, 0.25) is 5.78 Å². The number of aliphatic hydroxyl groups excluding tert-OH is 1. The molecule has 0 aliphatic carbocycles. The van der Waals surface area contributed by atoms with Crippen molar-refractivity contribution in [2.24, 2.45) is 0 Å². The first kappa shape index (κ1) is 20.3. The summed E-state index contributed by atoms with van der Waals surface area (Å²) in [6, 6.07) is 9.80. The summed E-state index contributed by atoms with van der Waals surface area (Å²) in [6.07, 6.45) is 3.29. The van der Waals surface area contributed by atoms with Gasteiger partial charge in [-0.25, -0.2) is 4.98 Å². The number of ketones is 1. The quantitative estimate of drug-likeness (QED) is 0.588. The highest BCUT2D eigenvalue weighted by Crippen LogP contribution is 2.41. The molecule has 30 heavy (non-hydrogen) atoms. The lowest BCUT2D eigenvalue weighted by molar-refractivity contribution is -0.130. The number of amides is 1. The van der Waals surface area contributed by atoms with Crippen molar-refractivity contribution < 1.29 is 14.7 Å². The molecule has 0 bridgehead atoms. The number of nitrogens with zero attached hydrogens (tertiary/aromatic N) is 3. The normalized spacial score (nSPS) is 16.4. The average molecular weight is 440 g/mol. The number of pyridine rings is 1. The fraction of sp³-hybridized carbons (Fsp3) is 0.182. The molecule has 2 aromatic heterocycles. The summed E-state index contributed by atoms with van der Waals surface area (Å²) < 4.78 is 0. The molecule has 0 radical (unpaired) electrons. The lowest BCUT2D eigenvalue weighted by atomic mass is 9.95. The summed E-state index contributed by atoms with van der Waals surface area (Å²) in [5, 5.41) is 12.0. The Bertz CT molecular complexity index is 1170. The molecule has 1 amide bonds. The fourth-order valence-corrected chi connectivity index (χ4v) is 4.70. The van der Waals surface area contributed by atoms with Crippen LogP contribution in [-0.4, -0.2) is 31.7 Å². The highest BCUT2D eigenvalue weighted by molar-refractivity contribution is 7.14. The minimum atomic E-state index is -0.772. The van der Waals surface area contributed by atoms with Gasteiger partial charge in [-0.2, -0.15) is 0 Å². The van der Waals surface area contributed by atoms with E-state index in [-0.39, 0.29) is 12.1 Å². The first-order chi connectivity index (χ1) is 14.4. The number of benzene rings is 1. The summed E-state index contributed by atoms with van der Waals surface area (Å²) in [4.78, 5) is 36.7. The number of hydrogen-bond donors (Lipinski definition) is 1. The van der Waals surface area contributed by atoms with Crippen LogP contribution in [0.3, 0.4) is 0 Å². The first-order valence-corrected chi connectivity index (χ1v) is 10.4. The molecular weight excluding hydrogens is 422 g/mol. The largest absolute Gasteiger partial charge is 0.503 e. The molecule has 1 aliphatic heterocycles. The van der Waals surface area contributed by atoms with E-state index in [1.807, 2.05) is 13.0 Å². The highest BCUT2D eigenvalue weighted by Gasteiger charge is 2.44. The zero-order chi connectivity index (χ0) is 21.4. The van der Waals surface area contributed by atoms with Crippen LogP contribution >= 0.6 is 22.9 Å². The van der Waals surface area contributed by atoms with E-state index in [0.717, 1.165) is 10.6 Å². The van der Waals surface area contributed by atoms with E-state index in [0.29, 0.717) is 21.2 Å². The maximum absolute atomic E-state index is 13.4. The van der Waals surface area contributed by atoms with Gasteiger partial charge in [0.05, 0.1) is 27.2 Å². The van der Waals surface area contributed by atoms with E-state index < -0.39 is 23.5 Å². The van der Waals surface area contributed by atoms with Crippen LogP contribution in [0, 0.1) is 13.8 Å². The molecule has 0 spiro atoms. The first-order valence-electron chi connectivity index (χ1n) is 9.24. The number of rotatable bonds is 5. The van der Waals surface area contributed by atoms with Crippen molar-refractivity contribution in [1.82, 2.24) is 14.9 Å². The number of aryl methyl sites for hydroxylation is 2. The Kier molecular flexibility index (Phi) is 5.40. The Hall–Kier alpha value is -3.03. The van der Waals surface area contributed by atoms with Gasteiger partial charge in [0.25, 0.3) is 5.91 Å². The zero-order valence-corrected chi connectivity index (χ0v) is 17.9. The third kappa shape index (κ3) is 3.62. The number of thiazole rings is 1. The Morgan fingerprint density at radius 3 is 2.70 bits per heavy atom. The molecule has 4 rings (SSSR count). The van der Waals surface area contributed by atoms with Crippen LogP contribution in [0.5, 0.6) is 0 Å². The lowest BCUT2D eigenvalue weighted by Crippen LogP contribution is -2.30. The van der Waals surface area contributed by atoms with Gasteiger partial charge in [-0.1, -0.05) is 29.8 Å². The van der Waals surface area contributed by atoms with Gasteiger partial charge in [0.15, 0.2) is 5.76 Å². The predicted molar refractivity (Wildman–Crippen MR) is 115 cm³/mol. The van der Waals surface area contributed by atoms with Crippen molar-refractivity contribution in [1.29, 1.82) is 0 Å². The third-order valence-corrected chi connectivity index (χ3v) is 6.20. The topological polar surface area (TPSA) is 83.4 Å². The number of aliphatic hydroxyl groups is 1. The minimum absolute atomic E-state index is 0.0397. The number of carbonyl (C=O) groups is 2. The molecule has 6 nitrogen and oxygen atoms in total. The van der Waals surface area contributed by atoms with Gasteiger partial charge in [-0.3, -0.25) is 14.6 Å². The maximum Gasteiger partial charge on any atom is 0.290 e. The second kappa shape index (κ2) is 8.01. The number of hydrogen-bond acceptors (Lipinski definition) is 6. The van der Waals surface area contributed by atoms with Crippen LogP contribution in [0.25, 0.3) is 0 Å². The summed E-state index contributed by atoms with van der Waals surface area (Å²) in [7, 11) is 0. The van der Waals surface area contributed by atoms with Crippen molar-refractivity contribution in [2.75, 3.05) is 0 Å². The van der Waals surface area contributed by atoms with Crippen LogP contribution < -0.4 is 0 Å². The second-order valence-electron chi connectivity index (χ2n) is 6.99. The molecule has 152 valence electrons. The van der Waals surface area contributed by atoms with Crippen LogP contribution in [0.2, 0.25) is 5.02 Å². The minimum Gasteiger partial charge on any atom is -0.503 e.